The second-order valence-electron chi connectivity index (χ2n) is 4.47. The number of aromatic nitrogens is 3. The van der Waals surface area contributed by atoms with E-state index in [1.165, 1.54) is 6.20 Å². The van der Waals surface area contributed by atoms with Gasteiger partial charge in [-0.15, -0.1) is 0 Å². The number of imidazole rings is 1. The molecule has 0 fully saturated rings. The zero-order chi connectivity index (χ0) is 14.7. The van der Waals surface area contributed by atoms with Crippen molar-refractivity contribution in [2.24, 2.45) is 0 Å². The molecule has 0 aliphatic heterocycles. The Morgan fingerprint density at radius 3 is 2.95 bits per heavy atom. The molecule has 0 bridgehead atoms. The van der Waals surface area contributed by atoms with Crippen LogP contribution in [0, 0.1) is 0 Å². The van der Waals surface area contributed by atoms with Crippen LogP contribution < -0.4 is 4.74 Å². The van der Waals surface area contributed by atoms with E-state index in [-0.39, 0.29) is 11.3 Å². The van der Waals surface area contributed by atoms with Crippen LogP contribution in [0.3, 0.4) is 0 Å². The van der Waals surface area contributed by atoms with Crippen molar-refractivity contribution in [3.05, 3.63) is 54.7 Å². The molecule has 106 valence electrons. The predicted octanol–water partition coefficient (Wildman–Crippen LogP) is 2.21. The highest BCUT2D eigenvalue weighted by Crippen LogP contribution is 2.26. The molecule has 0 aliphatic carbocycles. The lowest BCUT2D eigenvalue weighted by molar-refractivity contribution is 0.0694. The van der Waals surface area contributed by atoms with Gasteiger partial charge in [0.25, 0.3) is 0 Å². The van der Waals surface area contributed by atoms with E-state index < -0.39 is 5.97 Å². The monoisotopic (exact) mass is 283 g/mol. The summed E-state index contributed by atoms with van der Waals surface area (Å²) in [6.45, 7) is 0.933. The second kappa shape index (κ2) is 5.62. The van der Waals surface area contributed by atoms with Crippen LogP contribution in [0.25, 0.3) is 10.9 Å². The van der Waals surface area contributed by atoms with Crippen molar-refractivity contribution in [1.82, 2.24) is 14.5 Å². The molecule has 0 amide bonds. The number of hydrogen-bond donors (Lipinski definition) is 1. The van der Waals surface area contributed by atoms with Crippen molar-refractivity contribution in [1.29, 1.82) is 0 Å². The molecule has 0 saturated carbocycles. The quantitative estimate of drug-likeness (QED) is 0.776. The Kier molecular flexibility index (Phi) is 3.51. The lowest BCUT2D eigenvalue weighted by Crippen LogP contribution is -2.10. The van der Waals surface area contributed by atoms with Crippen LogP contribution in [0.4, 0.5) is 0 Å². The Bertz CT molecular complexity index is 769. The van der Waals surface area contributed by atoms with Crippen LogP contribution in [-0.2, 0) is 6.54 Å². The number of hydrogen-bond acceptors (Lipinski definition) is 4. The van der Waals surface area contributed by atoms with Gasteiger partial charge in [-0.25, -0.2) is 9.78 Å². The minimum atomic E-state index is -1.02. The van der Waals surface area contributed by atoms with Crippen LogP contribution in [-0.4, -0.2) is 32.2 Å². The number of fused-ring (bicyclic) bond motifs is 1. The Morgan fingerprint density at radius 2 is 2.19 bits per heavy atom. The number of ether oxygens (including phenoxy) is 1. The molecule has 1 aromatic carbocycles. The zero-order valence-electron chi connectivity index (χ0n) is 11.1. The van der Waals surface area contributed by atoms with Crippen molar-refractivity contribution in [2.45, 2.75) is 6.54 Å². The Hall–Kier alpha value is -2.89. The lowest BCUT2D eigenvalue weighted by atomic mass is 10.1. The number of carboxylic acids is 1. The molecule has 0 saturated heterocycles. The largest absolute Gasteiger partial charge is 0.489 e. The number of para-hydroxylation sites is 1. The molecule has 0 spiro atoms. The van der Waals surface area contributed by atoms with Gasteiger partial charge in [0.2, 0.25) is 0 Å². The maximum Gasteiger partial charge on any atom is 0.340 e. The average molecular weight is 283 g/mol. The van der Waals surface area contributed by atoms with Crippen LogP contribution in [0.5, 0.6) is 5.75 Å². The summed E-state index contributed by atoms with van der Waals surface area (Å²) in [5.74, 6) is -0.743. The summed E-state index contributed by atoms with van der Waals surface area (Å²) in [5, 5.41) is 10.00. The van der Waals surface area contributed by atoms with E-state index in [1.54, 1.807) is 30.7 Å². The second-order valence-corrected chi connectivity index (χ2v) is 4.47. The summed E-state index contributed by atoms with van der Waals surface area (Å²) >= 11 is 0. The van der Waals surface area contributed by atoms with Gasteiger partial charge >= 0.3 is 5.97 Å². The summed E-state index contributed by atoms with van der Waals surface area (Å²) in [4.78, 5) is 19.7. The minimum absolute atomic E-state index is 0.145. The summed E-state index contributed by atoms with van der Waals surface area (Å²) in [6, 6.07) is 7.11. The van der Waals surface area contributed by atoms with Crippen LogP contribution >= 0.6 is 0 Å². The van der Waals surface area contributed by atoms with Crippen molar-refractivity contribution in [3.63, 3.8) is 0 Å². The normalized spacial score (nSPS) is 10.7. The predicted molar refractivity (Wildman–Crippen MR) is 76.4 cm³/mol. The topological polar surface area (TPSA) is 77.2 Å². The fraction of sp³-hybridized carbons (Fsp3) is 0.133. The van der Waals surface area contributed by atoms with Gasteiger partial charge in [-0.2, -0.15) is 0 Å². The van der Waals surface area contributed by atoms with Gasteiger partial charge in [-0.05, 0) is 6.07 Å². The lowest BCUT2D eigenvalue weighted by Gasteiger charge is -2.11. The van der Waals surface area contributed by atoms with Crippen LogP contribution in [0.15, 0.2) is 49.2 Å². The van der Waals surface area contributed by atoms with E-state index in [1.807, 2.05) is 16.8 Å². The van der Waals surface area contributed by atoms with Crippen LogP contribution in [0.1, 0.15) is 10.4 Å². The first-order valence-electron chi connectivity index (χ1n) is 6.45. The molecule has 3 aromatic rings. The number of benzene rings is 1. The van der Waals surface area contributed by atoms with Crippen molar-refractivity contribution >= 4 is 16.9 Å². The maximum atomic E-state index is 11.5. The molecule has 0 unspecified atom stereocenters. The molecule has 6 heteroatoms. The molecular weight excluding hydrogens is 270 g/mol. The van der Waals surface area contributed by atoms with Gasteiger partial charge in [-0.1, -0.05) is 18.2 Å². The molecule has 0 atom stereocenters. The molecule has 3 rings (SSSR count). The van der Waals surface area contributed by atoms with E-state index in [2.05, 4.69) is 9.97 Å². The summed E-state index contributed by atoms with van der Waals surface area (Å²) in [6.07, 6.45) is 6.64. The van der Waals surface area contributed by atoms with Gasteiger partial charge in [0.1, 0.15) is 12.2 Å². The highest BCUT2D eigenvalue weighted by Gasteiger charge is 2.16. The Balaban J connectivity index is 1.87. The number of pyridine rings is 1. The number of aromatic carboxylic acids is 1. The Morgan fingerprint density at radius 1 is 1.33 bits per heavy atom. The highest BCUT2D eigenvalue weighted by molar-refractivity contribution is 6.04. The van der Waals surface area contributed by atoms with Gasteiger partial charge < -0.3 is 14.4 Å². The maximum absolute atomic E-state index is 11.5. The Labute approximate surface area is 120 Å². The SMILES string of the molecule is O=C(O)c1c(OCCn2ccnc2)cnc2ccccc12. The molecular formula is C15H13N3O3. The van der Waals surface area contributed by atoms with Gasteiger partial charge in [0, 0.05) is 17.8 Å². The first-order chi connectivity index (χ1) is 10.3. The van der Waals surface area contributed by atoms with Gasteiger partial charge in [0.15, 0.2) is 5.75 Å². The number of nitrogens with zero attached hydrogens (tertiary/aromatic N) is 3. The summed E-state index contributed by atoms with van der Waals surface area (Å²) in [7, 11) is 0. The van der Waals surface area contributed by atoms with E-state index >= 15 is 0 Å². The van der Waals surface area contributed by atoms with Crippen molar-refractivity contribution in [3.8, 4) is 5.75 Å². The molecule has 2 heterocycles. The fourth-order valence-corrected chi connectivity index (χ4v) is 2.13. The molecule has 21 heavy (non-hydrogen) atoms. The van der Waals surface area contributed by atoms with E-state index in [4.69, 9.17) is 4.74 Å². The molecule has 1 N–H and O–H groups in total. The first kappa shape index (κ1) is 13.1. The summed E-state index contributed by atoms with van der Waals surface area (Å²) in [5.41, 5.74) is 0.781. The van der Waals surface area contributed by atoms with E-state index in [0.717, 1.165) is 0 Å². The molecule has 6 nitrogen and oxygen atoms in total. The fourth-order valence-electron chi connectivity index (χ4n) is 2.13. The number of carboxylic acid groups (broad SMARTS) is 1. The van der Waals surface area contributed by atoms with Gasteiger partial charge in [-0.3, -0.25) is 4.98 Å². The van der Waals surface area contributed by atoms with Gasteiger partial charge in [0.05, 0.1) is 24.6 Å². The first-order valence-corrected chi connectivity index (χ1v) is 6.45. The third-order valence-corrected chi connectivity index (χ3v) is 3.12. The molecule has 0 radical (unpaired) electrons. The zero-order valence-corrected chi connectivity index (χ0v) is 11.1. The van der Waals surface area contributed by atoms with Crippen molar-refractivity contribution < 1.29 is 14.6 Å². The van der Waals surface area contributed by atoms with E-state index in [0.29, 0.717) is 24.1 Å². The third kappa shape index (κ3) is 2.69. The standard InChI is InChI=1S/C15H13N3O3/c19-15(20)14-11-3-1-2-4-12(11)17-9-13(14)21-8-7-18-6-5-16-10-18/h1-6,9-10H,7-8H2,(H,19,20). The third-order valence-electron chi connectivity index (χ3n) is 3.12. The van der Waals surface area contributed by atoms with E-state index in [9.17, 15) is 9.90 Å². The number of carbonyl (C=O) groups is 1. The minimum Gasteiger partial charge on any atom is -0.489 e. The number of rotatable bonds is 5. The smallest absolute Gasteiger partial charge is 0.340 e. The molecule has 0 aliphatic rings. The summed E-state index contributed by atoms with van der Waals surface area (Å²) < 4.78 is 7.44. The average Bonchev–Trinajstić information content (AvgIpc) is 3.00. The van der Waals surface area contributed by atoms with Crippen molar-refractivity contribution in [2.75, 3.05) is 6.61 Å². The highest BCUT2D eigenvalue weighted by atomic mass is 16.5. The molecule has 2 aromatic heterocycles. The van der Waals surface area contributed by atoms with Crippen LogP contribution in [0.2, 0.25) is 0 Å².